The first-order chi connectivity index (χ1) is 10.2. The van der Waals surface area contributed by atoms with E-state index in [4.69, 9.17) is 0 Å². The van der Waals surface area contributed by atoms with Gasteiger partial charge in [0.15, 0.2) is 0 Å². The second-order valence-electron chi connectivity index (χ2n) is 4.73. The van der Waals surface area contributed by atoms with Crippen LogP contribution < -0.4 is 0 Å². The Morgan fingerprint density at radius 1 is 1.19 bits per heavy atom. The molecular weight excluding hydrogens is 267 g/mol. The lowest BCUT2D eigenvalue weighted by atomic mass is 10.0. The fourth-order valence-corrected chi connectivity index (χ4v) is 2.39. The number of fused-ring (bicyclic) bond motifs is 1. The Morgan fingerprint density at radius 2 is 1.95 bits per heavy atom. The third-order valence-corrected chi connectivity index (χ3v) is 3.44. The first kappa shape index (κ1) is 13.2. The molecule has 2 aromatic heterocycles. The van der Waals surface area contributed by atoms with Gasteiger partial charge in [-0.25, -0.2) is 8.91 Å². The zero-order valence-corrected chi connectivity index (χ0v) is 11.5. The van der Waals surface area contributed by atoms with Crippen molar-refractivity contribution in [2.24, 2.45) is 0 Å². The molecule has 0 aliphatic carbocycles. The molecule has 0 spiro atoms. The van der Waals surface area contributed by atoms with Gasteiger partial charge >= 0.3 is 0 Å². The molecule has 2 heterocycles. The summed E-state index contributed by atoms with van der Waals surface area (Å²) < 4.78 is 14.9. The van der Waals surface area contributed by atoms with Gasteiger partial charge in [-0.2, -0.15) is 5.10 Å². The van der Waals surface area contributed by atoms with Crippen LogP contribution in [0.2, 0.25) is 0 Å². The first-order valence-electron chi connectivity index (χ1n) is 6.56. The van der Waals surface area contributed by atoms with Crippen LogP contribution in [-0.4, -0.2) is 15.9 Å². The molecular formula is C17H13FN2O. The molecule has 21 heavy (non-hydrogen) atoms. The molecule has 0 saturated carbocycles. The number of carbonyl (C=O) groups excluding carboxylic acids is 1. The maximum absolute atomic E-state index is 13.1. The van der Waals surface area contributed by atoms with E-state index in [2.05, 4.69) is 5.10 Å². The highest BCUT2D eigenvalue weighted by Crippen LogP contribution is 2.28. The van der Waals surface area contributed by atoms with Crippen molar-refractivity contribution in [2.75, 3.05) is 0 Å². The summed E-state index contributed by atoms with van der Waals surface area (Å²) in [4.78, 5) is 10.6. The Kier molecular flexibility index (Phi) is 3.36. The van der Waals surface area contributed by atoms with Gasteiger partial charge < -0.3 is 0 Å². The smallest absolute Gasteiger partial charge is 0.142 e. The Morgan fingerprint density at radius 3 is 2.67 bits per heavy atom. The van der Waals surface area contributed by atoms with Gasteiger partial charge in [-0.05, 0) is 61.0 Å². The SMILES string of the molecule is Cc1c(/C=C/C=O)c(-c2ccc(F)cc2)nn2cccc12. The Labute approximate surface area is 121 Å². The van der Waals surface area contributed by atoms with E-state index >= 15 is 0 Å². The Balaban J connectivity index is 2.30. The molecule has 3 nitrogen and oxygen atoms in total. The summed E-state index contributed by atoms with van der Waals surface area (Å²) in [5.74, 6) is -0.289. The number of aromatic nitrogens is 2. The molecule has 0 radical (unpaired) electrons. The summed E-state index contributed by atoms with van der Waals surface area (Å²) in [7, 11) is 0. The summed E-state index contributed by atoms with van der Waals surface area (Å²) in [6.07, 6.45) is 5.77. The number of aldehydes is 1. The lowest BCUT2D eigenvalue weighted by molar-refractivity contribution is -0.104. The highest BCUT2D eigenvalue weighted by molar-refractivity contribution is 5.83. The van der Waals surface area contributed by atoms with E-state index in [-0.39, 0.29) is 5.82 Å². The number of allylic oxidation sites excluding steroid dienone is 1. The molecule has 0 bridgehead atoms. The number of rotatable bonds is 3. The maximum Gasteiger partial charge on any atom is 0.142 e. The maximum atomic E-state index is 13.1. The molecule has 0 aliphatic heterocycles. The van der Waals surface area contributed by atoms with Crippen LogP contribution in [0.15, 0.2) is 48.7 Å². The largest absolute Gasteiger partial charge is 0.299 e. The summed E-state index contributed by atoms with van der Waals surface area (Å²) in [6.45, 7) is 1.98. The monoisotopic (exact) mass is 280 g/mol. The normalized spacial score (nSPS) is 11.3. The van der Waals surface area contributed by atoms with Crippen molar-refractivity contribution in [2.45, 2.75) is 6.92 Å². The molecule has 104 valence electrons. The van der Waals surface area contributed by atoms with Gasteiger partial charge in [-0.1, -0.05) is 0 Å². The van der Waals surface area contributed by atoms with Gasteiger partial charge in [0, 0.05) is 17.3 Å². The number of benzene rings is 1. The van der Waals surface area contributed by atoms with Crippen molar-refractivity contribution in [3.63, 3.8) is 0 Å². The van der Waals surface area contributed by atoms with E-state index in [1.54, 1.807) is 22.7 Å². The van der Waals surface area contributed by atoms with Gasteiger partial charge in [-0.15, -0.1) is 0 Å². The first-order valence-corrected chi connectivity index (χ1v) is 6.56. The van der Waals surface area contributed by atoms with Crippen LogP contribution in [0, 0.1) is 12.7 Å². The molecule has 0 saturated heterocycles. The van der Waals surface area contributed by atoms with Crippen molar-refractivity contribution >= 4 is 17.9 Å². The minimum absolute atomic E-state index is 0.289. The van der Waals surface area contributed by atoms with Crippen molar-refractivity contribution in [1.29, 1.82) is 0 Å². The van der Waals surface area contributed by atoms with Gasteiger partial charge in [0.2, 0.25) is 0 Å². The molecule has 0 N–H and O–H groups in total. The number of nitrogens with zero attached hydrogens (tertiary/aromatic N) is 2. The molecule has 0 fully saturated rings. The van der Waals surface area contributed by atoms with Crippen molar-refractivity contribution < 1.29 is 9.18 Å². The van der Waals surface area contributed by atoms with Gasteiger partial charge in [-0.3, -0.25) is 4.79 Å². The van der Waals surface area contributed by atoms with Crippen LogP contribution in [0.4, 0.5) is 4.39 Å². The molecule has 0 unspecified atom stereocenters. The van der Waals surface area contributed by atoms with Gasteiger partial charge in [0.1, 0.15) is 12.1 Å². The number of carbonyl (C=O) groups is 1. The standard InChI is InChI=1S/C17H13FN2O/c1-12-15(4-3-11-21)17(13-6-8-14(18)9-7-13)19-20-10-2-5-16(12)20/h2-11H,1H3/b4-3+. The average Bonchev–Trinajstić information content (AvgIpc) is 2.96. The number of halogens is 1. The van der Waals surface area contributed by atoms with Crippen LogP contribution in [0.3, 0.4) is 0 Å². The molecule has 0 atom stereocenters. The van der Waals surface area contributed by atoms with E-state index in [9.17, 15) is 9.18 Å². The third-order valence-electron chi connectivity index (χ3n) is 3.44. The Bertz CT molecular complexity index is 832. The van der Waals surface area contributed by atoms with Crippen molar-refractivity contribution in [3.05, 3.63) is 65.6 Å². The fraction of sp³-hybridized carbons (Fsp3) is 0.0588. The highest BCUT2D eigenvalue weighted by Gasteiger charge is 2.12. The molecule has 0 amide bonds. The second kappa shape index (κ2) is 5.32. The topological polar surface area (TPSA) is 34.4 Å². The van der Waals surface area contributed by atoms with Crippen LogP contribution in [0.1, 0.15) is 11.1 Å². The predicted molar refractivity (Wildman–Crippen MR) is 80.4 cm³/mol. The summed E-state index contributed by atoms with van der Waals surface area (Å²) >= 11 is 0. The average molecular weight is 280 g/mol. The van der Waals surface area contributed by atoms with Crippen LogP contribution >= 0.6 is 0 Å². The fourth-order valence-electron chi connectivity index (χ4n) is 2.39. The minimum atomic E-state index is -0.289. The quantitative estimate of drug-likeness (QED) is 0.542. The van der Waals surface area contributed by atoms with E-state index < -0.39 is 0 Å². The zero-order valence-electron chi connectivity index (χ0n) is 11.5. The van der Waals surface area contributed by atoms with Crippen LogP contribution in [0.5, 0.6) is 0 Å². The molecule has 0 aliphatic rings. The predicted octanol–water partition coefficient (Wildman–Crippen LogP) is 3.66. The van der Waals surface area contributed by atoms with Crippen LogP contribution in [-0.2, 0) is 4.79 Å². The van der Waals surface area contributed by atoms with E-state index in [0.29, 0.717) is 5.69 Å². The summed E-state index contributed by atoms with van der Waals surface area (Å²) in [5, 5.41) is 4.58. The van der Waals surface area contributed by atoms with Gasteiger partial charge in [0.25, 0.3) is 0 Å². The molecule has 3 rings (SSSR count). The number of hydrogen-bond donors (Lipinski definition) is 0. The van der Waals surface area contributed by atoms with E-state index in [1.165, 1.54) is 18.2 Å². The van der Waals surface area contributed by atoms with Crippen molar-refractivity contribution in [3.8, 4) is 11.3 Å². The number of aryl methyl sites for hydroxylation is 1. The second-order valence-corrected chi connectivity index (χ2v) is 4.73. The Hall–Kier alpha value is -2.75. The zero-order chi connectivity index (χ0) is 14.8. The van der Waals surface area contributed by atoms with Crippen molar-refractivity contribution in [1.82, 2.24) is 9.61 Å². The number of hydrogen-bond acceptors (Lipinski definition) is 2. The van der Waals surface area contributed by atoms with E-state index in [0.717, 1.165) is 28.5 Å². The highest BCUT2D eigenvalue weighted by atomic mass is 19.1. The summed E-state index contributed by atoms with van der Waals surface area (Å²) in [5.41, 5.74) is 4.38. The molecule has 4 heteroatoms. The molecule has 1 aromatic carbocycles. The van der Waals surface area contributed by atoms with E-state index in [1.807, 2.05) is 25.3 Å². The lowest BCUT2D eigenvalue weighted by Crippen LogP contribution is -2.00. The van der Waals surface area contributed by atoms with Crippen LogP contribution in [0.25, 0.3) is 22.9 Å². The lowest BCUT2D eigenvalue weighted by Gasteiger charge is -2.11. The summed E-state index contributed by atoms with van der Waals surface area (Å²) in [6, 6.07) is 10.1. The van der Waals surface area contributed by atoms with Gasteiger partial charge in [0.05, 0.1) is 11.2 Å². The molecule has 3 aromatic rings. The third kappa shape index (κ3) is 2.36. The minimum Gasteiger partial charge on any atom is -0.299 e.